The van der Waals surface area contributed by atoms with Crippen molar-refractivity contribution >= 4 is 28.9 Å². The first-order valence-electron chi connectivity index (χ1n) is 11.1. The minimum atomic E-state index is -0.543. The lowest BCUT2D eigenvalue weighted by Gasteiger charge is -2.30. The van der Waals surface area contributed by atoms with E-state index in [1.807, 2.05) is 31.3 Å². The Morgan fingerprint density at radius 1 is 1.17 bits per heavy atom. The van der Waals surface area contributed by atoms with E-state index >= 15 is 4.39 Å². The number of rotatable bonds is 7. The zero-order valence-corrected chi connectivity index (χ0v) is 19.8. The molecule has 0 saturated heterocycles. The van der Waals surface area contributed by atoms with E-state index in [4.69, 9.17) is 19.4 Å². The number of fused-ring (bicyclic) bond motifs is 1. The highest BCUT2D eigenvalue weighted by Crippen LogP contribution is 2.40. The van der Waals surface area contributed by atoms with Crippen molar-refractivity contribution in [3.05, 3.63) is 60.2 Å². The summed E-state index contributed by atoms with van der Waals surface area (Å²) in [6, 6.07) is 6.30. The molecule has 2 unspecified atom stereocenters. The minimum absolute atomic E-state index is 0.0283. The number of halogens is 1. The molecule has 5 rings (SSSR count). The lowest BCUT2D eigenvalue weighted by atomic mass is 10.1. The molecular formula is C24H25FN8O2. The Morgan fingerprint density at radius 3 is 2.71 bits per heavy atom. The summed E-state index contributed by atoms with van der Waals surface area (Å²) in [5.74, 6) is 1.10. The van der Waals surface area contributed by atoms with Gasteiger partial charge in [-0.25, -0.2) is 19.3 Å². The average Bonchev–Trinajstić information content (AvgIpc) is 3.57. The molecule has 35 heavy (non-hydrogen) atoms. The van der Waals surface area contributed by atoms with E-state index in [9.17, 15) is 0 Å². The molecular weight excluding hydrogens is 451 g/mol. The van der Waals surface area contributed by atoms with Crippen LogP contribution in [0.5, 0.6) is 11.5 Å². The summed E-state index contributed by atoms with van der Waals surface area (Å²) in [4.78, 5) is 23.3. The first-order chi connectivity index (χ1) is 17.0. The maximum absolute atomic E-state index is 15.6. The van der Waals surface area contributed by atoms with Crippen LogP contribution in [0.15, 0.2) is 48.0 Å². The molecule has 10 nitrogen and oxygen atoms in total. The Bertz CT molecular complexity index is 1380. The van der Waals surface area contributed by atoms with Crippen LogP contribution in [-0.4, -0.2) is 64.0 Å². The van der Waals surface area contributed by atoms with E-state index in [1.165, 1.54) is 20.3 Å². The number of methoxy groups -OCH3 is 2. The molecule has 4 aromatic rings. The summed E-state index contributed by atoms with van der Waals surface area (Å²) < 4.78 is 26.3. The molecule has 0 spiro atoms. The van der Waals surface area contributed by atoms with E-state index in [0.29, 0.717) is 28.6 Å². The lowest BCUT2D eigenvalue weighted by Crippen LogP contribution is -2.25. The summed E-state index contributed by atoms with van der Waals surface area (Å²) in [5.41, 5.74) is 2.09. The number of aromatic amines is 1. The highest BCUT2D eigenvalue weighted by molar-refractivity contribution is 5.76. The van der Waals surface area contributed by atoms with Crippen molar-refractivity contribution in [1.82, 2.24) is 29.9 Å². The Labute approximate surface area is 201 Å². The quantitative estimate of drug-likeness (QED) is 0.429. The van der Waals surface area contributed by atoms with Gasteiger partial charge in [0.25, 0.3) is 0 Å². The van der Waals surface area contributed by atoms with Crippen LogP contribution in [0.2, 0.25) is 0 Å². The van der Waals surface area contributed by atoms with Gasteiger partial charge < -0.3 is 19.4 Å². The first kappa shape index (κ1) is 22.5. The van der Waals surface area contributed by atoms with Crippen LogP contribution >= 0.6 is 0 Å². The fourth-order valence-electron chi connectivity index (χ4n) is 4.12. The van der Waals surface area contributed by atoms with Crippen molar-refractivity contribution in [1.29, 1.82) is 0 Å². The van der Waals surface area contributed by atoms with Crippen LogP contribution in [0, 0.1) is 5.82 Å². The number of ether oxygens (including phenoxy) is 2. The zero-order valence-electron chi connectivity index (χ0n) is 19.8. The molecule has 0 aliphatic carbocycles. The normalized spacial score (nSPS) is 16.0. The van der Waals surface area contributed by atoms with Gasteiger partial charge in [-0.3, -0.25) is 9.99 Å². The topological polar surface area (TPSA) is 105 Å². The molecule has 0 fully saturated rings. The van der Waals surface area contributed by atoms with Crippen molar-refractivity contribution in [2.75, 3.05) is 32.7 Å². The number of nitrogens with zero attached hydrogens (tertiary/aromatic N) is 7. The number of nitrogens with one attached hydrogen (secondary N) is 1. The number of hydrazone groups is 1. The molecule has 1 aliphatic heterocycles. The monoisotopic (exact) mass is 476 g/mol. The van der Waals surface area contributed by atoms with E-state index in [2.05, 4.69) is 20.1 Å². The molecule has 1 aliphatic rings. The highest BCUT2D eigenvalue weighted by Gasteiger charge is 2.27. The van der Waals surface area contributed by atoms with Crippen LogP contribution in [0.3, 0.4) is 0 Å². The largest absolute Gasteiger partial charge is 0.497 e. The van der Waals surface area contributed by atoms with Gasteiger partial charge in [0, 0.05) is 44.3 Å². The third-order valence-corrected chi connectivity index (χ3v) is 5.95. The number of anilines is 2. The van der Waals surface area contributed by atoms with Gasteiger partial charge in [0.15, 0.2) is 17.2 Å². The Morgan fingerprint density at radius 2 is 2.03 bits per heavy atom. The number of likely N-dealkylation sites (N-methyl/N-ethyl adjacent to an activating group) is 1. The first-order valence-corrected chi connectivity index (χ1v) is 11.1. The standard InChI is InChI=1S/C24H25FN8O2/c1-14(23-26-7-8-27-23)33(19-9-16(34-3)10-20(35-4)22(19)25)21-6-5-17-24(31-21)30-18(12-28-17)15-11-29-32(2)13-15/h5-12,14-15H,13H2,1-4H3,(H,26,27). The second-order valence-electron chi connectivity index (χ2n) is 8.20. The van der Waals surface area contributed by atoms with Crippen LogP contribution in [0.1, 0.15) is 30.4 Å². The number of pyridine rings is 1. The smallest absolute Gasteiger partial charge is 0.188 e. The molecule has 0 bridgehead atoms. The molecule has 180 valence electrons. The molecule has 0 saturated carbocycles. The number of aromatic nitrogens is 5. The number of hydrogen-bond donors (Lipinski definition) is 1. The van der Waals surface area contributed by atoms with Crippen molar-refractivity contribution in [2.24, 2.45) is 5.10 Å². The van der Waals surface area contributed by atoms with Gasteiger partial charge >= 0.3 is 0 Å². The van der Waals surface area contributed by atoms with Gasteiger partial charge in [0.1, 0.15) is 22.9 Å². The predicted octanol–water partition coefficient (Wildman–Crippen LogP) is 3.82. The molecule has 0 amide bonds. The summed E-state index contributed by atoms with van der Waals surface area (Å²) in [5, 5.41) is 6.14. The third-order valence-electron chi connectivity index (χ3n) is 5.95. The van der Waals surface area contributed by atoms with Crippen molar-refractivity contribution in [3.63, 3.8) is 0 Å². The van der Waals surface area contributed by atoms with Crippen molar-refractivity contribution in [2.45, 2.75) is 18.9 Å². The summed E-state index contributed by atoms with van der Waals surface area (Å²) in [7, 11) is 4.84. The summed E-state index contributed by atoms with van der Waals surface area (Å²) in [6.07, 6.45) is 6.97. The van der Waals surface area contributed by atoms with Crippen LogP contribution < -0.4 is 14.4 Å². The number of H-pyrrole nitrogens is 1. The van der Waals surface area contributed by atoms with Gasteiger partial charge in [0.05, 0.1) is 43.8 Å². The zero-order chi connectivity index (χ0) is 24.5. The molecule has 0 radical (unpaired) electrons. The Kier molecular flexibility index (Phi) is 5.89. The van der Waals surface area contributed by atoms with Crippen LogP contribution in [-0.2, 0) is 0 Å². The highest BCUT2D eigenvalue weighted by atomic mass is 19.1. The summed E-state index contributed by atoms with van der Waals surface area (Å²) in [6.45, 7) is 2.62. The third kappa shape index (κ3) is 4.20. The van der Waals surface area contributed by atoms with Crippen molar-refractivity contribution in [3.8, 4) is 11.5 Å². The SMILES string of the molecule is COc1cc(OC)c(F)c(N(c2ccc3ncc(C4C=NN(C)C4)nc3n2)C(C)c2ncc[nH]2)c1. The molecule has 3 aromatic heterocycles. The molecule has 1 N–H and O–H groups in total. The van der Waals surface area contributed by atoms with Gasteiger partial charge in [-0.15, -0.1) is 0 Å². The lowest BCUT2D eigenvalue weighted by molar-refractivity contribution is 0.374. The fraction of sp³-hybridized carbons (Fsp3) is 0.292. The van der Waals surface area contributed by atoms with E-state index in [0.717, 1.165) is 12.2 Å². The van der Waals surface area contributed by atoms with Gasteiger partial charge in [-0.2, -0.15) is 5.10 Å². The fourth-order valence-corrected chi connectivity index (χ4v) is 4.12. The number of benzene rings is 1. The van der Waals surface area contributed by atoms with E-state index in [-0.39, 0.29) is 17.4 Å². The molecule has 4 heterocycles. The Hall–Kier alpha value is -4.28. The number of hydrogen-bond acceptors (Lipinski definition) is 9. The predicted molar refractivity (Wildman–Crippen MR) is 130 cm³/mol. The second kappa shape index (κ2) is 9.16. The van der Waals surface area contributed by atoms with Gasteiger partial charge in [-0.05, 0) is 19.1 Å². The maximum Gasteiger partial charge on any atom is 0.188 e. The van der Waals surface area contributed by atoms with E-state index < -0.39 is 11.9 Å². The second-order valence-corrected chi connectivity index (χ2v) is 8.20. The van der Waals surface area contributed by atoms with Crippen LogP contribution in [0.25, 0.3) is 11.2 Å². The summed E-state index contributed by atoms with van der Waals surface area (Å²) >= 11 is 0. The Balaban J connectivity index is 1.65. The van der Waals surface area contributed by atoms with Gasteiger partial charge in [-0.1, -0.05) is 0 Å². The minimum Gasteiger partial charge on any atom is -0.497 e. The average molecular weight is 477 g/mol. The number of imidazole rings is 1. The molecule has 1 aromatic carbocycles. The molecule has 11 heteroatoms. The van der Waals surface area contributed by atoms with E-state index in [1.54, 1.807) is 35.6 Å². The molecule has 2 atom stereocenters. The van der Waals surface area contributed by atoms with Crippen molar-refractivity contribution < 1.29 is 13.9 Å². The maximum atomic E-state index is 15.6. The van der Waals surface area contributed by atoms with Crippen LogP contribution in [0.4, 0.5) is 15.9 Å². The van der Waals surface area contributed by atoms with Gasteiger partial charge in [0.2, 0.25) is 0 Å².